The molecule has 2 aromatic carbocycles. The zero-order valence-corrected chi connectivity index (χ0v) is 24.3. The molecule has 212 valence electrons. The van der Waals surface area contributed by atoms with E-state index in [1.807, 2.05) is 16.9 Å². The van der Waals surface area contributed by atoms with E-state index in [9.17, 15) is 13.2 Å². The van der Waals surface area contributed by atoms with Crippen LogP contribution in [-0.2, 0) is 21.3 Å². The molecule has 1 fully saturated rings. The van der Waals surface area contributed by atoms with Crippen LogP contribution in [0.3, 0.4) is 0 Å². The fraction of sp³-hybridized carbons (Fsp3) is 0.370. The van der Waals surface area contributed by atoms with Gasteiger partial charge in [-0.1, -0.05) is 28.4 Å². The van der Waals surface area contributed by atoms with Crippen LogP contribution in [0, 0.1) is 5.92 Å². The number of piperidine rings is 1. The number of rotatable bonds is 10. The van der Waals surface area contributed by atoms with Crippen molar-refractivity contribution in [1.82, 2.24) is 29.6 Å². The Balaban J connectivity index is 1.18. The van der Waals surface area contributed by atoms with Crippen LogP contribution in [0.2, 0.25) is 10.0 Å². The third-order valence-corrected chi connectivity index (χ3v) is 9.00. The number of fused-ring (bicyclic) bond motifs is 1. The molecule has 13 heteroatoms. The number of aromatic nitrogens is 4. The number of esters is 1. The predicted octanol–water partition coefficient (Wildman–Crippen LogP) is 4.60. The largest absolute Gasteiger partial charge is 0.461 e. The van der Waals surface area contributed by atoms with E-state index in [-0.39, 0.29) is 11.5 Å². The minimum atomic E-state index is -3.57. The zero-order chi connectivity index (χ0) is 28.3. The number of nitrogens with one attached hydrogen (secondary N) is 2. The second-order valence-corrected chi connectivity index (χ2v) is 12.4. The molecule has 0 amide bonds. The van der Waals surface area contributed by atoms with Crippen molar-refractivity contribution >= 4 is 50.1 Å². The number of H-pyrrole nitrogens is 1. The first-order chi connectivity index (χ1) is 19.2. The fourth-order valence-corrected chi connectivity index (χ4v) is 6.30. The maximum atomic E-state index is 12.7. The van der Waals surface area contributed by atoms with Crippen molar-refractivity contribution < 1.29 is 17.9 Å². The average Bonchev–Trinajstić information content (AvgIpc) is 3.54. The van der Waals surface area contributed by atoms with Gasteiger partial charge in [-0.05, 0) is 81.2 Å². The van der Waals surface area contributed by atoms with E-state index in [0.29, 0.717) is 52.5 Å². The molecule has 2 N–H and O–H groups in total. The summed E-state index contributed by atoms with van der Waals surface area (Å²) >= 11 is 12.1. The first-order valence-corrected chi connectivity index (χ1v) is 15.3. The van der Waals surface area contributed by atoms with Gasteiger partial charge in [0.2, 0.25) is 10.0 Å². The normalized spacial score (nSPS) is 15.1. The highest BCUT2D eigenvalue weighted by Crippen LogP contribution is 2.33. The number of carbonyl (C=O) groups excluding carboxylic acids is 1. The van der Waals surface area contributed by atoms with Crippen LogP contribution in [0.1, 0.15) is 30.3 Å². The third kappa shape index (κ3) is 6.50. The molecular weight excluding hydrogens is 575 g/mol. The Bertz CT molecular complexity index is 1590. The lowest BCUT2D eigenvalue weighted by molar-refractivity contribution is 0.0521. The molecule has 0 aliphatic carbocycles. The number of benzene rings is 2. The summed E-state index contributed by atoms with van der Waals surface area (Å²) < 4.78 is 34.7. The summed E-state index contributed by atoms with van der Waals surface area (Å²) in [6.45, 7) is 5.41. The van der Waals surface area contributed by atoms with Crippen LogP contribution >= 0.6 is 23.2 Å². The Hall–Kier alpha value is -2.96. The maximum absolute atomic E-state index is 12.7. The van der Waals surface area contributed by atoms with Crippen molar-refractivity contribution in [2.45, 2.75) is 31.2 Å². The quantitative estimate of drug-likeness (QED) is 0.254. The Morgan fingerprint density at radius 1 is 1.12 bits per heavy atom. The summed E-state index contributed by atoms with van der Waals surface area (Å²) in [5, 5.41) is 10.5. The van der Waals surface area contributed by atoms with Gasteiger partial charge in [0.25, 0.3) is 0 Å². The molecule has 2 aromatic heterocycles. The van der Waals surface area contributed by atoms with Crippen LogP contribution in [0.25, 0.3) is 22.2 Å². The fourth-order valence-electron chi connectivity index (χ4n) is 4.98. The van der Waals surface area contributed by atoms with Crippen molar-refractivity contribution in [2.75, 3.05) is 32.8 Å². The van der Waals surface area contributed by atoms with E-state index in [0.717, 1.165) is 36.8 Å². The van der Waals surface area contributed by atoms with Crippen molar-refractivity contribution in [3.05, 3.63) is 64.4 Å². The second-order valence-electron chi connectivity index (χ2n) is 9.75. The third-order valence-electron chi connectivity index (χ3n) is 7.03. The molecule has 4 aromatic rings. The van der Waals surface area contributed by atoms with Gasteiger partial charge in [0.15, 0.2) is 0 Å². The van der Waals surface area contributed by atoms with Gasteiger partial charge >= 0.3 is 5.97 Å². The zero-order valence-electron chi connectivity index (χ0n) is 21.9. The van der Waals surface area contributed by atoms with Crippen LogP contribution in [0.5, 0.6) is 0 Å². The number of ether oxygens (including phenoxy) is 1. The molecule has 0 atom stereocenters. The second kappa shape index (κ2) is 12.3. The molecule has 3 heterocycles. The van der Waals surface area contributed by atoms with Gasteiger partial charge < -0.3 is 14.6 Å². The molecular formula is C27H30Cl2N6O4S. The van der Waals surface area contributed by atoms with Gasteiger partial charge in [-0.25, -0.2) is 17.9 Å². The van der Waals surface area contributed by atoms with Crippen LogP contribution in [0.4, 0.5) is 0 Å². The Morgan fingerprint density at radius 2 is 1.85 bits per heavy atom. The molecule has 10 nitrogen and oxygen atoms in total. The van der Waals surface area contributed by atoms with Crippen LogP contribution < -0.4 is 4.72 Å². The Morgan fingerprint density at radius 3 is 2.58 bits per heavy atom. The maximum Gasteiger partial charge on any atom is 0.355 e. The van der Waals surface area contributed by atoms with E-state index >= 15 is 0 Å². The number of sulfonamides is 1. The van der Waals surface area contributed by atoms with E-state index in [1.54, 1.807) is 31.2 Å². The van der Waals surface area contributed by atoms with Gasteiger partial charge in [0, 0.05) is 46.1 Å². The monoisotopic (exact) mass is 604 g/mol. The number of hydrogen-bond acceptors (Lipinski definition) is 7. The summed E-state index contributed by atoms with van der Waals surface area (Å²) in [7, 11) is -3.57. The number of likely N-dealkylation sites (tertiary alicyclic amines) is 1. The molecule has 0 bridgehead atoms. The van der Waals surface area contributed by atoms with Gasteiger partial charge in [-0.2, -0.15) is 0 Å². The summed E-state index contributed by atoms with van der Waals surface area (Å²) in [5.41, 5.74) is 2.28. The van der Waals surface area contributed by atoms with Crippen molar-refractivity contribution in [3.63, 3.8) is 0 Å². The minimum absolute atomic E-state index is 0.202. The SMILES string of the molecule is CCOC(=O)c1[nH]c2ccc(Cl)cc2c1-c1cn(CC2CCN(CCNS(=O)(=O)c3ccc(Cl)cc3)CC2)nn1. The van der Waals surface area contributed by atoms with Crippen molar-refractivity contribution in [3.8, 4) is 11.3 Å². The summed E-state index contributed by atoms with van der Waals surface area (Å²) in [5.74, 6) is -0.0549. The van der Waals surface area contributed by atoms with Crippen LogP contribution in [0.15, 0.2) is 53.6 Å². The lowest BCUT2D eigenvalue weighted by atomic mass is 9.97. The lowest BCUT2D eigenvalue weighted by Crippen LogP contribution is -2.40. The topological polar surface area (TPSA) is 122 Å². The van der Waals surface area contributed by atoms with E-state index in [1.165, 1.54) is 12.1 Å². The highest BCUT2D eigenvalue weighted by atomic mass is 35.5. The number of nitrogens with zero attached hydrogens (tertiary/aromatic N) is 4. The van der Waals surface area contributed by atoms with E-state index < -0.39 is 16.0 Å². The van der Waals surface area contributed by atoms with Gasteiger partial charge in [-0.15, -0.1) is 5.10 Å². The summed E-state index contributed by atoms with van der Waals surface area (Å²) in [4.78, 5) is 18.3. The summed E-state index contributed by atoms with van der Waals surface area (Å²) in [6.07, 6.45) is 3.76. The number of carbonyl (C=O) groups is 1. The molecule has 1 aliphatic rings. The molecule has 1 saturated heterocycles. The predicted molar refractivity (Wildman–Crippen MR) is 154 cm³/mol. The molecule has 0 unspecified atom stereocenters. The van der Waals surface area contributed by atoms with Gasteiger partial charge in [0.05, 0.1) is 17.7 Å². The molecule has 5 rings (SSSR count). The molecule has 40 heavy (non-hydrogen) atoms. The van der Waals surface area contributed by atoms with Gasteiger partial charge in [0.1, 0.15) is 11.4 Å². The van der Waals surface area contributed by atoms with Crippen molar-refractivity contribution in [1.29, 1.82) is 0 Å². The highest BCUT2D eigenvalue weighted by molar-refractivity contribution is 7.89. The molecule has 0 spiro atoms. The Kier molecular flexibility index (Phi) is 8.77. The standard InChI is InChI=1S/C27H30Cl2N6O4S/c1-2-39-27(36)26-25(22-15-20(29)5-8-23(22)31-26)24-17-35(33-32-24)16-18-9-12-34(13-10-18)14-11-30-40(37,38)21-6-3-19(28)4-7-21/h3-8,15,17-18,30-31H,2,9-14,16H2,1H3. The lowest BCUT2D eigenvalue weighted by Gasteiger charge is -2.31. The summed E-state index contributed by atoms with van der Waals surface area (Å²) in [6, 6.07) is 11.5. The van der Waals surface area contributed by atoms with E-state index in [2.05, 4.69) is 24.9 Å². The number of hydrogen-bond donors (Lipinski definition) is 2. The Labute approximate surface area is 242 Å². The first-order valence-electron chi connectivity index (χ1n) is 13.1. The number of aromatic amines is 1. The van der Waals surface area contributed by atoms with Crippen LogP contribution in [-0.4, -0.2) is 72.1 Å². The highest BCUT2D eigenvalue weighted by Gasteiger charge is 2.24. The van der Waals surface area contributed by atoms with Crippen molar-refractivity contribution in [2.24, 2.45) is 5.92 Å². The average molecular weight is 606 g/mol. The smallest absolute Gasteiger partial charge is 0.355 e. The van der Waals surface area contributed by atoms with Gasteiger partial charge in [-0.3, -0.25) is 4.68 Å². The van der Waals surface area contributed by atoms with E-state index in [4.69, 9.17) is 27.9 Å². The molecule has 1 aliphatic heterocycles. The minimum Gasteiger partial charge on any atom is -0.461 e. The molecule has 0 radical (unpaired) electrons. The molecule has 0 saturated carbocycles. The first kappa shape index (κ1) is 28.6. The number of halogens is 2.